The van der Waals surface area contributed by atoms with E-state index in [1.54, 1.807) is 18.2 Å². The molecule has 0 saturated carbocycles. The Balaban J connectivity index is 1.63. The van der Waals surface area contributed by atoms with E-state index in [0.717, 1.165) is 12.1 Å². The summed E-state index contributed by atoms with van der Waals surface area (Å²) in [6.45, 7) is 0.227. The Bertz CT molecular complexity index is 986. The second-order valence-electron chi connectivity index (χ2n) is 6.72. The fourth-order valence-corrected chi connectivity index (χ4v) is 5.50. The number of benzene rings is 2. The van der Waals surface area contributed by atoms with Gasteiger partial charge in [-0.2, -0.15) is 0 Å². The first-order valence-electron chi connectivity index (χ1n) is 8.84. The standard InChI is InChI=1S/C19H18Cl2F2N2O3S/c20-14-3-1-4-15(21)13(14)11-29(27,28)25-9-7-12(8-10-25)19(26)24-18-16(22)5-2-6-17(18)23/h1-6,12H,7-11H2,(H,24,26). The van der Waals surface area contributed by atoms with Gasteiger partial charge in [-0.05, 0) is 37.1 Å². The van der Waals surface area contributed by atoms with Crippen LogP contribution in [0.3, 0.4) is 0 Å². The van der Waals surface area contributed by atoms with E-state index in [4.69, 9.17) is 23.2 Å². The van der Waals surface area contributed by atoms with Crippen LogP contribution < -0.4 is 5.32 Å². The number of piperidine rings is 1. The Morgan fingerprint density at radius 3 is 2.10 bits per heavy atom. The summed E-state index contributed by atoms with van der Waals surface area (Å²) in [4.78, 5) is 12.4. The van der Waals surface area contributed by atoms with Crippen molar-refractivity contribution in [1.82, 2.24) is 4.31 Å². The zero-order valence-electron chi connectivity index (χ0n) is 15.2. The molecular weight excluding hydrogens is 445 g/mol. The number of hydrogen-bond donors (Lipinski definition) is 1. The summed E-state index contributed by atoms with van der Waals surface area (Å²) in [6.07, 6.45) is 0.467. The number of amides is 1. The van der Waals surface area contributed by atoms with Crippen LogP contribution in [0, 0.1) is 17.6 Å². The Morgan fingerprint density at radius 2 is 1.55 bits per heavy atom. The van der Waals surface area contributed by atoms with Crippen LogP contribution in [0.5, 0.6) is 0 Å². The van der Waals surface area contributed by atoms with Crippen molar-refractivity contribution in [2.75, 3.05) is 18.4 Å². The molecule has 1 fully saturated rings. The highest BCUT2D eigenvalue weighted by Gasteiger charge is 2.32. The van der Waals surface area contributed by atoms with Gasteiger partial charge in [0.15, 0.2) is 0 Å². The van der Waals surface area contributed by atoms with Crippen molar-refractivity contribution in [2.24, 2.45) is 5.92 Å². The molecule has 1 aliphatic rings. The Hall–Kier alpha value is -1.74. The van der Waals surface area contributed by atoms with E-state index in [9.17, 15) is 22.0 Å². The van der Waals surface area contributed by atoms with Gasteiger partial charge in [-0.15, -0.1) is 0 Å². The van der Waals surface area contributed by atoms with Gasteiger partial charge in [0.05, 0.1) is 5.75 Å². The lowest BCUT2D eigenvalue weighted by Crippen LogP contribution is -2.42. The molecule has 10 heteroatoms. The fraction of sp³-hybridized carbons (Fsp3) is 0.316. The molecule has 1 N–H and O–H groups in total. The van der Waals surface area contributed by atoms with E-state index in [0.29, 0.717) is 5.56 Å². The minimum atomic E-state index is -3.69. The average molecular weight is 463 g/mol. The molecule has 29 heavy (non-hydrogen) atoms. The molecule has 0 unspecified atom stereocenters. The molecule has 0 spiro atoms. The largest absolute Gasteiger partial charge is 0.321 e. The van der Waals surface area contributed by atoms with Gasteiger partial charge in [0.1, 0.15) is 17.3 Å². The van der Waals surface area contributed by atoms with Gasteiger partial charge in [-0.1, -0.05) is 35.3 Å². The summed E-state index contributed by atoms with van der Waals surface area (Å²) < 4.78 is 54.1. The summed E-state index contributed by atoms with van der Waals surface area (Å²) in [5.41, 5.74) is -0.174. The highest BCUT2D eigenvalue weighted by Crippen LogP contribution is 2.29. The Labute approximate surface area is 177 Å². The highest BCUT2D eigenvalue weighted by molar-refractivity contribution is 7.88. The summed E-state index contributed by atoms with van der Waals surface area (Å²) in [5.74, 6) is -3.17. The van der Waals surface area contributed by atoms with E-state index in [1.165, 1.54) is 10.4 Å². The van der Waals surface area contributed by atoms with Crippen molar-refractivity contribution in [3.05, 3.63) is 63.6 Å². The van der Waals surface area contributed by atoms with Crippen molar-refractivity contribution in [2.45, 2.75) is 18.6 Å². The quantitative estimate of drug-likeness (QED) is 0.713. The molecule has 1 aliphatic heterocycles. The zero-order chi connectivity index (χ0) is 21.2. The first-order chi connectivity index (χ1) is 13.7. The molecule has 0 bridgehead atoms. The third-order valence-electron chi connectivity index (χ3n) is 4.82. The monoisotopic (exact) mass is 462 g/mol. The molecule has 5 nitrogen and oxygen atoms in total. The second kappa shape index (κ2) is 8.95. The number of para-hydroxylation sites is 1. The number of nitrogens with zero attached hydrogens (tertiary/aromatic N) is 1. The van der Waals surface area contributed by atoms with Gasteiger partial charge < -0.3 is 5.32 Å². The topological polar surface area (TPSA) is 66.5 Å². The van der Waals surface area contributed by atoms with Crippen LogP contribution >= 0.6 is 23.2 Å². The molecule has 2 aromatic rings. The van der Waals surface area contributed by atoms with Crippen LogP contribution in [0.4, 0.5) is 14.5 Å². The molecule has 0 atom stereocenters. The number of rotatable bonds is 5. The minimum absolute atomic E-state index is 0.113. The van der Waals surface area contributed by atoms with Crippen LogP contribution in [-0.2, 0) is 20.6 Å². The lowest BCUT2D eigenvalue weighted by atomic mass is 9.97. The van der Waals surface area contributed by atoms with Crippen molar-refractivity contribution >= 4 is 44.8 Å². The van der Waals surface area contributed by atoms with Crippen molar-refractivity contribution in [3.63, 3.8) is 0 Å². The van der Waals surface area contributed by atoms with E-state index >= 15 is 0 Å². The van der Waals surface area contributed by atoms with Crippen LogP contribution in [0.2, 0.25) is 10.0 Å². The molecule has 0 aliphatic carbocycles. The van der Waals surface area contributed by atoms with Gasteiger partial charge >= 0.3 is 0 Å². The average Bonchev–Trinajstić information content (AvgIpc) is 2.68. The first-order valence-corrected chi connectivity index (χ1v) is 11.2. The van der Waals surface area contributed by atoms with E-state index < -0.39 is 39.2 Å². The molecule has 2 aromatic carbocycles. The molecule has 1 saturated heterocycles. The van der Waals surface area contributed by atoms with Gasteiger partial charge in [0, 0.05) is 34.6 Å². The smallest absolute Gasteiger partial charge is 0.227 e. The van der Waals surface area contributed by atoms with Gasteiger partial charge in [0.25, 0.3) is 0 Å². The second-order valence-corrected chi connectivity index (χ2v) is 9.50. The Morgan fingerprint density at radius 1 is 1.03 bits per heavy atom. The lowest BCUT2D eigenvalue weighted by molar-refractivity contribution is -0.121. The molecule has 1 amide bonds. The third kappa shape index (κ3) is 5.06. The number of hydrogen-bond acceptors (Lipinski definition) is 3. The minimum Gasteiger partial charge on any atom is -0.321 e. The third-order valence-corrected chi connectivity index (χ3v) is 7.33. The molecule has 3 rings (SSSR count). The number of carbonyl (C=O) groups is 1. The predicted octanol–water partition coefficient (Wildman–Crippen LogP) is 4.45. The lowest BCUT2D eigenvalue weighted by Gasteiger charge is -2.30. The maximum atomic E-state index is 13.7. The number of anilines is 1. The van der Waals surface area contributed by atoms with E-state index in [-0.39, 0.29) is 41.7 Å². The highest BCUT2D eigenvalue weighted by atomic mass is 35.5. The molecule has 0 aromatic heterocycles. The normalized spacial score (nSPS) is 16.0. The van der Waals surface area contributed by atoms with Gasteiger partial charge in [-0.3, -0.25) is 4.79 Å². The Kier molecular flexibility index (Phi) is 6.78. The summed E-state index contributed by atoms with van der Waals surface area (Å²) in [7, 11) is -3.69. The van der Waals surface area contributed by atoms with Crippen molar-refractivity contribution < 1.29 is 22.0 Å². The molecule has 156 valence electrons. The number of carbonyl (C=O) groups excluding carboxylic acids is 1. The summed E-state index contributed by atoms with van der Waals surface area (Å²) in [5, 5.41) is 2.80. The van der Waals surface area contributed by atoms with Gasteiger partial charge in [0.2, 0.25) is 15.9 Å². The molecular formula is C19H18Cl2F2N2O3S. The zero-order valence-corrected chi connectivity index (χ0v) is 17.5. The maximum absolute atomic E-state index is 13.7. The molecule has 1 heterocycles. The van der Waals surface area contributed by atoms with Crippen LogP contribution in [0.25, 0.3) is 0 Å². The van der Waals surface area contributed by atoms with Crippen LogP contribution in [0.15, 0.2) is 36.4 Å². The number of nitrogens with one attached hydrogen (secondary N) is 1. The van der Waals surface area contributed by atoms with E-state index in [1.807, 2.05) is 0 Å². The maximum Gasteiger partial charge on any atom is 0.227 e. The number of sulfonamides is 1. The van der Waals surface area contributed by atoms with Crippen molar-refractivity contribution in [3.8, 4) is 0 Å². The number of halogens is 4. The predicted molar refractivity (Wildman–Crippen MR) is 108 cm³/mol. The molecule has 0 radical (unpaired) electrons. The summed E-state index contributed by atoms with van der Waals surface area (Å²) in [6, 6.07) is 8.06. The van der Waals surface area contributed by atoms with E-state index in [2.05, 4.69) is 5.32 Å². The fourth-order valence-electron chi connectivity index (χ4n) is 3.18. The summed E-state index contributed by atoms with van der Waals surface area (Å²) >= 11 is 12.1. The van der Waals surface area contributed by atoms with Crippen molar-refractivity contribution in [1.29, 1.82) is 0 Å². The first kappa shape index (κ1) is 22.0. The van der Waals surface area contributed by atoms with Crippen LogP contribution in [-0.4, -0.2) is 31.7 Å². The van der Waals surface area contributed by atoms with Crippen LogP contribution in [0.1, 0.15) is 18.4 Å². The van der Waals surface area contributed by atoms with Gasteiger partial charge in [-0.25, -0.2) is 21.5 Å². The SMILES string of the molecule is O=C(Nc1c(F)cccc1F)C1CCN(S(=O)(=O)Cc2c(Cl)cccc2Cl)CC1.